The van der Waals surface area contributed by atoms with Gasteiger partial charge in [-0.2, -0.15) is 0 Å². The molecule has 1 aliphatic rings. The van der Waals surface area contributed by atoms with Gasteiger partial charge >= 0.3 is 5.97 Å². The Morgan fingerprint density at radius 1 is 1.11 bits per heavy atom. The van der Waals surface area contributed by atoms with Gasteiger partial charge in [0.25, 0.3) is 5.91 Å². The number of ether oxygens (including phenoxy) is 3. The third-order valence-corrected chi connectivity index (χ3v) is 5.34. The lowest BCUT2D eigenvalue weighted by molar-refractivity contribution is -0.148. The van der Waals surface area contributed by atoms with Gasteiger partial charge in [0.2, 0.25) is 5.91 Å². The van der Waals surface area contributed by atoms with Gasteiger partial charge in [0.15, 0.2) is 5.11 Å². The van der Waals surface area contributed by atoms with Crippen molar-refractivity contribution in [1.29, 1.82) is 0 Å². The second kappa shape index (κ2) is 12.7. The summed E-state index contributed by atoms with van der Waals surface area (Å²) in [6.45, 7) is 4.69. The average Bonchev–Trinajstić information content (AvgIpc) is 2.83. The molecule has 2 aromatic carbocycles. The number of rotatable bonds is 9. The summed E-state index contributed by atoms with van der Waals surface area (Å²) in [5, 5.41) is 5.43. The fourth-order valence-corrected chi connectivity index (χ4v) is 3.74. The zero-order valence-electron chi connectivity index (χ0n) is 19.7. The molecule has 2 N–H and O–H groups in total. The number of hydrogen-bond donors (Lipinski definition) is 2. The van der Waals surface area contributed by atoms with E-state index in [1.165, 1.54) is 4.90 Å². The van der Waals surface area contributed by atoms with E-state index in [2.05, 4.69) is 10.6 Å². The molecule has 0 radical (unpaired) electrons. The van der Waals surface area contributed by atoms with Gasteiger partial charge in [0, 0.05) is 18.7 Å². The van der Waals surface area contributed by atoms with Crippen LogP contribution in [-0.2, 0) is 14.3 Å². The van der Waals surface area contributed by atoms with Crippen molar-refractivity contribution in [3.05, 3.63) is 60.2 Å². The molecule has 0 aliphatic carbocycles. The number of esters is 1. The second-order valence-electron chi connectivity index (χ2n) is 8.04. The highest BCUT2D eigenvalue weighted by Gasteiger charge is 2.34. The van der Waals surface area contributed by atoms with Crippen molar-refractivity contribution in [3.8, 4) is 11.5 Å². The minimum atomic E-state index is -0.894. The molecule has 0 saturated carbocycles. The van der Waals surface area contributed by atoms with E-state index in [1.807, 2.05) is 32.0 Å². The van der Waals surface area contributed by atoms with Crippen LogP contribution in [0.25, 0.3) is 0 Å². The molecule has 1 saturated heterocycles. The first-order valence-corrected chi connectivity index (χ1v) is 11.7. The number of carbonyl (C=O) groups excluding carboxylic acids is 3. The van der Waals surface area contributed by atoms with Crippen LogP contribution < -0.4 is 20.1 Å². The average molecular weight is 500 g/mol. The predicted molar refractivity (Wildman–Crippen MR) is 133 cm³/mol. The van der Waals surface area contributed by atoms with E-state index in [9.17, 15) is 14.4 Å². The van der Waals surface area contributed by atoms with Gasteiger partial charge in [-0.05, 0) is 56.4 Å². The Morgan fingerprint density at radius 2 is 1.86 bits per heavy atom. The van der Waals surface area contributed by atoms with E-state index < -0.39 is 17.9 Å². The maximum absolute atomic E-state index is 12.8. The van der Waals surface area contributed by atoms with Gasteiger partial charge in [-0.1, -0.05) is 24.3 Å². The van der Waals surface area contributed by atoms with Crippen LogP contribution in [0.1, 0.15) is 30.6 Å². The van der Waals surface area contributed by atoms with Crippen molar-refractivity contribution in [2.75, 3.05) is 26.3 Å². The van der Waals surface area contributed by atoms with Gasteiger partial charge in [0.1, 0.15) is 30.8 Å². The van der Waals surface area contributed by atoms with Crippen molar-refractivity contribution in [3.63, 3.8) is 0 Å². The number of para-hydroxylation sites is 1. The summed E-state index contributed by atoms with van der Waals surface area (Å²) in [7, 11) is 0. The summed E-state index contributed by atoms with van der Waals surface area (Å²) < 4.78 is 16.4. The zero-order chi connectivity index (χ0) is 25.2. The maximum Gasteiger partial charge on any atom is 0.308 e. The molecule has 35 heavy (non-hydrogen) atoms. The number of nitrogens with zero attached hydrogens (tertiary/aromatic N) is 1. The van der Waals surface area contributed by atoms with Crippen LogP contribution in [0.5, 0.6) is 11.5 Å². The Kier molecular flexibility index (Phi) is 9.42. The molecule has 2 aromatic rings. The SMILES string of the molecule is CC(C)Oc1cccc(C(=O)NC(=S)N2CCNC(=O)C2CC(=O)OCCOc2ccccc2)c1. The lowest BCUT2D eigenvalue weighted by Crippen LogP contribution is -2.60. The number of benzene rings is 2. The van der Waals surface area contributed by atoms with Crippen LogP contribution in [0.3, 0.4) is 0 Å². The smallest absolute Gasteiger partial charge is 0.308 e. The van der Waals surface area contributed by atoms with Gasteiger partial charge in [-0.15, -0.1) is 0 Å². The highest BCUT2D eigenvalue weighted by atomic mass is 32.1. The molecule has 1 heterocycles. The summed E-state index contributed by atoms with van der Waals surface area (Å²) in [4.78, 5) is 39.1. The lowest BCUT2D eigenvalue weighted by Gasteiger charge is -2.36. The molecule has 186 valence electrons. The quantitative estimate of drug-likeness (QED) is 0.308. The van der Waals surface area contributed by atoms with Gasteiger partial charge in [0.05, 0.1) is 12.5 Å². The number of nitrogens with one attached hydrogen (secondary N) is 2. The third kappa shape index (κ3) is 7.96. The maximum atomic E-state index is 12.8. The normalized spacial score (nSPS) is 15.2. The van der Waals surface area contributed by atoms with Crippen LogP contribution >= 0.6 is 12.2 Å². The summed E-state index contributed by atoms with van der Waals surface area (Å²) in [5.41, 5.74) is 0.362. The van der Waals surface area contributed by atoms with Crippen LogP contribution in [-0.4, -0.2) is 66.2 Å². The highest BCUT2D eigenvalue weighted by molar-refractivity contribution is 7.80. The minimum absolute atomic E-state index is 0.0355. The molecule has 0 aromatic heterocycles. The van der Waals surface area contributed by atoms with Gasteiger partial charge in [-0.3, -0.25) is 19.7 Å². The van der Waals surface area contributed by atoms with Gasteiger partial charge in [-0.25, -0.2) is 0 Å². The molecule has 3 rings (SSSR count). The first-order chi connectivity index (χ1) is 16.8. The summed E-state index contributed by atoms with van der Waals surface area (Å²) in [6, 6.07) is 15.0. The first kappa shape index (κ1) is 26.0. The van der Waals surface area contributed by atoms with Gasteiger partial charge < -0.3 is 24.4 Å². The van der Waals surface area contributed by atoms with Crippen molar-refractivity contribution >= 4 is 35.1 Å². The zero-order valence-corrected chi connectivity index (χ0v) is 20.5. The monoisotopic (exact) mass is 499 g/mol. The first-order valence-electron chi connectivity index (χ1n) is 11.3. The predicted octanol–water partition coefficient (Wildman–Crippen LogP) is 2.30. The van der Waals surface area contributed by atoms with Crippen molar-refractivity contribution < 1.29 is 28.6 Å². The Labute approximate surface area is 209 Å². The molecule has 10 heteroatoms. The fourth-order valence-electron chi connectivity index (χ4n) is 3.43. The topological polar surface area (TPSA) is 106 Å². The number of piperazine rings is 1. The third-order valence-electron chi connectivity index (χ3n) is 5.00. The van der Waals surface area contributed by atoms with E-state index >= 15 is 0 Å². The molecule has 1 fully saturated rings. The Hall–Kier alpha value is -3.66. The number of hydrogen-bond acceptors (Lipinski definition) is 7. The minimum Gasteiger partial charge on any atom is -0.491 e. The van der Waals surface area contributed by atoms with E-state index in [4.69, 9.17) is 26.4 Å². The van der Waals surface area contributed by atoms with Crippen LogP contribution in [0.15, 0.2) is 54.6 Å². The Balaban J connectivity index is 1.54. The summed E-state index contributed by atoms with van der Waals surface area (Å²) in [6.07, 6.45) is -0.253. The highest BCUT2D eigenvalue weighted by Crippen LogP contribution is 2.16. The number of thiocarbonyl (C=S) groups is 1. The van der Waals surface area contributed by atoms with Crippen molar-refractivity contribution in [1.82, 2.24) is 15.5 Å². The van der Waals surface area contributed by atoms with E-state index in [-0.39, 0.29) is 36.8 Å². The Morgan fingerprint density at radius 3 is 2.60 bits per heavy atom. The molecular weight excluding hydrogens is 470 g/mol. The van der Waals surface area contributed by atoms with Crippen LogP contribution in [0, 0.1) is 0 Å². The molecule has 1 aliphatic heterocycles. The molecule has 0 bridgehead atoms. The second-order valence-corrected chi connectivity index (χ2v) is 8.43. The largest absolute Gasteiger partial charge is 0.491 e. The fraction of sp³-hybridized carbons (Fsp3) is 0.360. The molecule has 2 amide bonds. The molecule has 0 spiro atoms. The van der Waals surface area contributed by atoms with E-state index in [1.54, 1.807) is 36.4 Å². The Bertz CT molecular complexity index is 1050. The molecule has 9 nitrogen and oxygen atoms in total. The van der Waals surface area contributed by atoms with E-state index in [0.717, 1.165) is 0 Å². The lowest BCUT2D eigenvalue weighted by atomic mass is 10.1. The number of carbonyl (C=O) groups is 3. The molecular formula is C25H29N3O6S. The standard InChI is InChI=1S/C25H29N3O6S/c1-17(2)34-20-10-6-7-18(15-20)23(30)27-25(35)28-12-11-26-24(31)21(28)16-22(29)33-14-13-32-19-8-4-3-5-9-19/h3-10,15,17,21H,11-14,16H2,1-2H3,(H,26,31)(H,27,30,35). The summed E-state index contributed by atoms with van der Waals surface area (Å²) in [5.74, 6) is -0.134. The molecule has 1 atom stereocenters. The number of amides is 2. The molecule has 1 unspecified atom stereocenters. The summed E-state index contributed by atoms with van der Waals surface area (Å²) >= 11 is 5.41. The van der Waals surface area contributed by atoms with Crippen molar-refractivity contribution in [2.45, 2.75) is 32.4 Å². The van der Waals surface area contributed by atoms with Crippen LogP contribution in [0.4, 0.5) is 0 Å². The van der Waals surface area contributed by atoms with Crippen molar-refractivity contribution in [2.24, 2.45) is 0 Å². The van der Waals surface area contributed by atoms with E-state index in [0.29, 0.717) is 30.2 Å². The van der Waals surface area contributed by atoms with Crippen LogP contribution in [0.2, 0.25) is 0 Å².